The highest BCUT2D eigenvalue weighted by Gasteiger charge is 2.18. The third kappa shape index (κ3) is 3.66. The molecule has 6 nitrogen and oxygen atoms in total. The quantitative estimate of drug-likeness (QED) is 0.720. The number of hydrogen-bond donors (Lipinski definition) is 0. The fourth-order valence-corrected chi connectivity index (χ4v) is 3.46. The van der Waals surface area contributed by atoms with Crippen LogP contribution in [0.2, 0.25) is 0 Å². The van der Waals surface area contributed by atoms with E-state index in [0.29, 0.717) is 17.6 Å². The molecular formula is C20H23N5O. The molecule has 0 atom stereocenters. The molecule has 1 aliphatic heterocycles. The summed E-state index contributed by atoms with van der Waals surface area (Å²) in [5.41, 5.74) is 3.24. The smallest absolute Gasteiger partial charge is 0.278 e. The number of benzene rings is 2. The minimum Gasteiger partial charge on any atom is -0.297 e. The van der Waals surface area contributed by atoms with E-state index in [2.05, 4.69) is 51.3 Å². The maximum absolute atomic E-state index is 12.6. The summed E-state index contributed by atoms with van der Waals surface area (Å²) < 4.78 is 1.47. The Morgan fingerprint density at radius 2 is 1.73 bits per heavy atom. The maximum atomic E-state index is 12.6. The second kappa shape index (κ2) is 7.35. The SMILES string of the molecule is Cc1cccc(CN2CCN(Cn3nnc4ccccc4c3=O)CC2)c1. The summed E-state index contributed by atoms with van der Waals surface area (Å²) in [7, 11) is 0. The second-order valence-electron chi connectivity index (χ2n) is 6.94. The Hall–Kier alpha value is -2.57. The molecule has 0 spiro atoms. The lowest BCUT2D eigenvalue weighted by Gasteiger charge is -2.34. The van der Waals surface area contributed by atoms with Crippen molar-refractivity contribution < 1.29 is 0 Å². The molecule has 134 valence electrons. The molecule has 0 amide bonds. The number of rotatable bonds is 4. The van der Waals surface area contributed by atoms with E-state index in [4.69, 9.17) is 0 Å². The average Bonchev–Trinajstić information content (AvgIpc) is 2.66. The van der Waals surface area contributed by atoms with E-state index in [0.717, 1.165) is 32.7 Å². The van der Waals surface area contributed by atoms with Crippen molar-refractivity contribution in [3.05, 3.63) is 70.0 Å². The third-order valence-electron chi connectivity index (χ3n) is 4.92. The van der Waals surface area contributed by atoms with Gasteiger partial charge in [-0.25, -0.2) is 0 Å². The zero-order chi connectivity index (χ0) is 17.9. The molecule has 1 fully saturated rings. The lowest BCUT2D eigenvalue weighted by Crippen LogP contribution is -2.47. The number of aryl methyl sites for hydroxylation is 1. The molecule has 26 heavy (non-hydrogen) atoms. The van der Waals surface area contributed by atoms with Gasteiger partial charge in [0.25, 0.3) is 5.56 Å². The van der Waals surface area contributed by atoms with Gasteiger partial charge in [-0.15, -0.1) is 5.10 Å². The average molecular weight is 349 g/mol. The monoisotopic (exact) mass is 349 g/mol. The van der Waals surface area contributed by atoms with Gasteiger partial charge in [-0.05, 0) is 24.6 Å². The molecule has 2 heterocycles. The van der Waals surface area contributed by atoms with Gasteiger partial charge >= 0.3 is 0 Å². The van der Waals surface area contributed by atoms with Crippen LogP contribution in [0.5, 0.6) is 0 Å². The summed E-state index contributed by atoms with van der Waals surface area (Å²) in [5, 5.41) is 8.88. The first-order valence-corrected chi connectivity index (χ1v) is 9.02. The van der Waals surface area contributed by atoms with E-state index in [1.807, 2.05) is 24.3 Å². The zero-order valence-electron chi connectivity index (χ0n) is 15.0. The number of nitrogens with zero attached hydrogens (tertiary/aromatic N) is 5. The van der Waals surface area contributed by atoms with Crippen LogP contribution in [0.1, 0.15) is 11.1 Å². The normalized spacial score (nSPS) is 16.2. The summed E-state index contributed by atoms with van der Waals surface area (Å²) in [6.07, 6.45) is 0. The molecule has 2 aromatic carbocycles. The van der Waals surface area contributed by atoms with Crippen LogP contribution < -0.4 is 5.56 Å². The van der Waals surface area contributed by atoms with E-state index in [9.17, 15) is 4.79 Å². The van der Waals surface area contributed by atoms with Gasteiger partial charge in [-0.3, -0.25) is 14.6 Å². The third-order valence-corrected chi connectivity index (χ3v) is 4.92. The summed E-state index contributed by atoms with van der Waals surface area (Å²) in [4.78, 5) is 17.3. The van der Waals surface area contributed by atoms with Gasteiger partial charge in [0.1, 0.15) is 5.52 Å². The van der Waals surface area contributed by atoms with Gasteiger partial charge in [0.2, 0.25) is 0 Å². The van der Waals surface area contributed by atoms with Crippen molar-refractivity contribution in [3.63, 3.8) is 0 Å². The Balaban J connectivity index is 1.38. The largest absolute Gasteiger partial charge is 0.297 e. The molecule has 3 aromatic rings. The van der Waals surface area contributed by atoms with Crippen molar-refractivity contribution in [2.24, 2.45) is 0 Å². The summed E-state index contributed by atoms with van der Waals surface area (Å²) in [6.45, 7) is 7.43. The minimum atomic E-state index is -0.0715. The molecule has 0 aliphatic carbocycles. The number of fused-ring (bicyclic) bond motifs is 1. The van der Waals surface area contributed by atoms with E-state index >= 15 is 0 Å². The topological polar surface area (TPSA) is 54.3 Å². The number of piperazine rings is 1. The molecule has 1 aliphatic rings. The fraction of sp³-hybridized carbons (Fsp3) is 0.350. The Morgan fingerprint density at radius 1 is 0.962 bits per heavy atom. The van der Waals surface area contributed by atoms with Crippen LogP contribution in [0.25, 0.3) is 10.9 Å². The molecule has 4 rings (SSSR count). The van der Waals surface area contributed by atoms with Crippen LogP contribution in [0.4, 0.5) is 0 Å². The zero-order valence-corrected chi connectivity index (χ0v) is 15.0. The van der Waals surface area contributed by atoms with Gasteiger partial charge in [-0.1, -0.05) is 47.2 Å². The predicted molar refractivity (Wildman–Crippen MR) is 102 cm³/mol. The van der Waals surface area contributed by atoms with Crippen molar-refractivity contribution in [3.8, 4) is 0 Å². The molecule has 0 N–H and O–H groups in total. The van der Waals surface area contributed by atoms with Crippen molar-refractivity contribution in [1.82, 2.24) is 24.8 Å². The Kier molecular flexibility index (Phi) is 4.77. The molecule has 1 saturated heterocycles. The lowest BCUT2D eigenvalue weighted by atomic mass is 10.1. The summed E-state index contributed by atoms with van der Waals surface area (Å²) in [6, 6.07) is 16.0. The van der Waals surface area contributed by atoms with Crippen molar-refractivity contribution >= 4 is 10.9 Å². The minimum absolute atomic E-state index is 0.0715. The Bertz CT molecular complexity index is 960. The van der Waals surface area contributed by atoms with Gasteiger partial charge in [0.15, 0.2) is 0 Å². The standard InChI is InChI=1S/C20H23N5O/c1-16-5-4-6-17(13-16)14-23-9-11-24(12-10-23)15-25-20(26)18-7-2-3-8-19(18)21-22-25/h2-8,13H,9-12,14-15H2,1H3. The lowest BCUT2D eigenvalue weighted by molar-refractivity contribution is 0.0961. The van der Waals surface area contributed by atoms with Gasteiger partial charge < -0.3 is 0 Å². The molecule has 0 bridgehead atoms. The van der Waals surface area contributed by atoms with Gasteiger partial charge in [-0.2, -0.15) is 4.68 Å². The molecule has 1 aromatic heterocycles. The fourth-order valence-electron chi connectivity index (χ4n) is 3.46. The van der Waals surface area contributed by atoms with Crippen molar-refractivity contribution in [2.75, 3.05) is 26.2 Å². The van der Waals surface area contributed by atoms with E-state index in [-0.39, 0.29) is 5.56 Å². The van der Waals surface area contributed by atoms with Crippen LogP contribution in [0, 0.1) is 6.92 Å². The first-order valence-electron chi connectivity index (χ1n) is 9.02. The first-order chi connectivity index (χ1) is 12.7. The second-order valence-corrected chi connectivity index (χ2v) is 6.94. The van der Waals surface area contributed by atoms with Crippen molar-refractivity contribution in [1.29, 1.82) is 0 Å². The highest BCUT2D eigenvalue weighted by atomic mass is 16.1. The molecule has 0 saturated carbocycles. The van der Waals surface area contributed by atoms with Gasteiger partial charge in [0.05, 0.1) is 12.1 Å². The van der Waals surface area contributed by atoms with Gasteiger partial charge in [0, 0.05) is 32.7 Å². The van der Waals surface area contributed by atoms with Crippen LogP contribution >= 0.6 is 0 Å². The van der Waals surface area contributed by atoms with Crippen LogP contribution in [0.3, 0.4) is 0 Å². The maximum Gasteiger partial charge on any atom is 0.278 e. The molecule has 0 unspecified atom stereocenters. The summed E-state index contributed by atoms with van der Waals surface area (Å²) in [5.74, 6) is 0. The van der Waals surface area contributed by atoms with E-state index < -0.39 is 0 Å². The van der Waals surface area contributed by atoms with Crippen LogP contribution in [-0.2, 0) is 13.2 Å². The highest BCUT2D eigenvalue weighted by Crippen LogP contribution is 2.11. The van der Waals surface area contributed by atoms with Crippen LogP contribution in [0.15, 0.2) is 53.3 Å². The molecule has 0 radical (unpaired) electrons. The summed E-state index contributed by atoms with van der Waals surface area (Å²) >= 11 is 0. The molecule has 6 heteroatoms. The van der Waals surface area contributed by atoms with Crippen LogP contribution in [-0.4, -0.2) is 51.0 Å². The number of hydrogen-bond acceptors (Lipinski definition) is 5. The number of aromatic nitrogens is 3. The Morgan fingerprint density at radius 3 is 2.54 bits per heavy atom. The predicted octanol–water partition coefficient (Wildman–Crippen LogP) is 1.88. The van der Waals surface area contributed by atoms with E-state index in [1.165, 1.54) is 15.8 Å². The first kappa shape index (κ1) is 16.9. The van der Waals surface area contributed by atoms with Crippen molar-refractivity contribution in [2.45, 2.75) is 20.1 Å². The Labute approximate surface area is 152 Å². The molecular weight excluding hydrogens is 326 g/mol. The highest BCUT2D eigenvalue weighted by molar-refractivity contribution is 5.76. The van der Waals surface area contributed by atoms with E-state index in [1.54, 1.807) is 0 Å².